The fourth-order valence-electron chi connectivity index (χ4n) is 2.79. The maximum atomic E-state index is 6.06. The number of para-hydroxylation sites is 1. The topological polar surface area (TPSA) is 34.1 Å². The highest BCUT2D eigenvalue weighted by Crippen LogP contribution is 2.43. The summed E-state index contributed by atoms with van der Waals surface area (Å²) in [4.78, 5) is 4.42. The van der Waals surface area contributed by atoms with Crippen LogP contribution in [-0.2, 0) is 0 Å². The summed E-state index contributed by atoms with van der Waals surface area (Å²) in [6.45, 7) is 6.38. The molecule has 1 unspecified atom stereocenters. The van der Waals surface area contributed by atoms with Gasteiger partial charge in [0.25, 0.3) is 0 Å². The number of nitrogens with one attached hydrogen (secondary N) is 1. The van der Waals surface area contributed by atoms with E-state index in [2.05, 4.69) is 43.2 Å². The first-order valence-electron chi connectivity index (χ1n) is 7.03. The first kappa shape index (κ1) is 13.1. The summed E-state index contributed by atoms with van der Waals surface area (Å²) < 4.78 is 6.06. The van der Waals surface area contributed by atoms with E-state index in [0.29, 0.717) is 0 Å². The molecule has 0 spiro atoms. The van der Waals surface area contributed by atoms with Crippen molar-refractivity contribution in [3.63, 3.8) is 0 Å². The number of fused-ring (bicyclic) bond motifs is 1. The monoisotopic (exact) mass is 268 g/mol. The fraction of sp³-hybridized carbons (Fsp3) is 0.353. The Hall–Kier alpha value is -1.87. The molecule has 2 atom stereocenters. The summed E-state index contributed by atoms with van der Waals surface area (Å²) in [5.41, 5.74) is 2.01. The molecule has 2 aromatic rings. The van der Waals surface area contributed by atoms with E-state index in [4.69, 9.17) is 4.74 Å². The average Bonchev–Trinajstić information content (AvgIpc) is 2.70. The summed E-state index contributed by atoms with van der Waals surface area (Å²) in [5, 5.41) is 3.65. The van der Waals surface area contributed by atoms with Gasteiger partial charge < -0.3 is 4.74 Å². The Bertz CT molecular complexity index is 595. The van der Waals surface area contributed by atoms with Crippen LogP contribution in [0, 0.1) is 0 Å². The van der Waals surface area contributed by atoms with Crippen LogP contribution in [0.1, 0.15) is 44.1 Å². The van der Waals surface area contributed by atoms with Gasteiger partial charge in [0.15, 0.2) is 0 Å². The first-order valence-corrected chi connectivity index (χ1v) is 7.03. The molecule has 1 aliphatic rings. The second-order valence-electron chi connectivity index (χ2n) is 5.82. The number of pyridine rings is 1. The van der Waals surface area contributed by atoms with Gasteiger partial charge >= 0.3 is 0 Å². The molecule has 0 fully saturated rings. The van der Waals surface area contributed by atoms with E-state index < -0.39 is 0 Å². The van der Waals surface area contributed by atoms with E-state index >= 15 is 0 Å². The highest BCUT2D eigenvalue weighted by atomic mass is 16.5. The maximum Gasteiger partial charge on any atom is 0.125 e. The summed E-state index contributed by atoms with van der Waals surface area (Å²) in [6.07, 6.45) is 1.83. The normalized spacial score (nSPS) is 21.1. The summed E-state index contributed by atoms with van der Waals surface area (Å²) >= 11 is 0. The molecule has 104 valence electrons. The van der Waals surface area contributed by atoms with E-state index in [0.717, 1.165) is 11.4 Å². The number of ether oxygens (including phenoxy) is 1. The molecule has 0 aliphatic carbocycles. The third-order valence-electron chi connectivity index (χ3n) is 3.85. The molecule has 20 heavy (non-hydrogen) atoms. The zero-order valence-corrected chi connectivity index (χ0v) is 12.1. The molecule has 0 saturated heterocycles. The lowest BCUT2D eigenvalue weighted by Crippen LogP contribution is -2.40. The lowest BCUT2D eigenvalue weighted by molar-refractivity contribution is 0.0917. The maximum absolute atomic E-state index is 6.06. The van der Waals surface area contributed by atoms with Crippen molar-refractivity contribution < 1.29 is 4.74 Å². The Morgan fingerprint density at radius 3 is 2.65 bits per heavy atom. The summed E-state index contributed by atoms with van der Waals surface area (Å²) in [6, 6.07) is 14.6. The van der Waals surface area contributed by atoms with E-state index in [-0.39, 0.29) is 17.7 Å². The zero-order valence-electron chi connectivity index (χ0n) is 12.1. The van der Waals surface area contributed by atoms with Crippen molar-refractivity contribution in [1.29, 1.82) is 0 Å². The fourth-order valence-corrected chi connectivity index (χ4v) is 2.79. The third-order valence-corrected chi connectivity index (χ3v) is 3.85. The van der Waals surface area contributed by atoms with Crippen LogP contribution in [0.25, 0.3) is 0 Å². The molecular formula is C17H20N2O. The standard InChI is InChI=1S/C17H20N2O/c1-12(14-9-6-7-11-18-14)19-16-13-8-4-5-10-15(13)20-17(16,2)3/h4-12,16,19H,1-3H3/t12-,16?/m1/s1. The molecule has 3 rings (SSSR count). The third kappa shape index (κ3) is 2.29. The van der Waals surface area contributed by atoms with Crippen LogP contribution in [0.4, 0.5) is 0 Å². The minimum absolute atomic E-state index is 0.163. The van der Waals surface area contributed by atoms with Crippen LogP contribution in [0.5, 0.6) is 5.75 Å². The Morgan fingerprint density at radius 2 is 1.90 bits per heavy atom. The van der Waals surface area contributed by atoms with E-state index in [9.17, 15) is 0 Å². The Kier molecular flexibility index (Phi) is 3.22. The van der Waals surface area contributed by atoms with Crippen molar-refractivity contribution in [3.8, 4) is 5.75 Å². The minimum atomic E-state index is -0.257. The molecule has 0 amide bonds. The van der Waals surface area contributed by atoms with Gasteiger partial charge in [-0.2, -0.15) is 0 Å². The van der Waals surface area contributed by atoms with Crippen molar-refractivity contribution in [2.75, 3.05) is 0 Å². The van der Waals surface area contributed by atoms with Crippen LogP contribution in [0.3, 0.4) is 0 Å². The van der Waals surface area contributed by atoms with Crippen LogP contribution >= 0.6 is 0 Å². The van der Waals surface area contributed by atoms with Crippen molar-refractivity contribution in [2.45, 2.75) is 38.5 Å². The summed E-state index contributed by atoms with van der Waals surface area (Å²) in [5.74, 6) is 0.975. The van der Waals surface area contributed by atoms with Gasteiger partial charge in [0.2, 0.25) is 0 Å². The van der Waals surface area contributed by atoms with Gasteiger partial charge in [0, 0.05) is 17.8 Å². The van der Waals surface area contributed by atoms with Crippen molar-refractivity contribution >= 4 is 0 Å². The number of aromatic nitrogens is 1. The second-order valence-corrected chi connectivity index (χ2v) is 5.82. The van der Waals surface area contributed by atoms with Crippen LogP contribution in [0.15, 0.2) is 48.7 Å². The molecule has 0 radical (unpaired) electrons. The SMILES string of the molecule is C[C@@H](NC1c2ccccc2OC1(C)C)c1ccccn1. The molecular weight excluding hydrogens is 248 g/mol. The van der Waals surface area contributed by atoms with E-state index in [1.807, 2.05) is 36.5 Å². The van der Waals surface area contributed by atoms with Gasteiger partial charge in [-0.1, -0.05) is 24.3 Å². The zero-order chi connectivity index (χ0) is 14.2. The predicted molar refractivity (Wildman–Crippen MR) is 79.7 cm³/mol. The van der Waals surface area contributed by atoms with Crippen molar-refractivity contribution in [1.82, 2.24) is 10.3 Å². The molecule has 1 aromatic heterocycles. The van der Waals surface area contributed by atoms with Crippen molar-refractivity contribution in [3.05, 3.63) is 59.9 Å². The Labute approximate surface area is 120 Å². The van der Waals surface area contributed by atoms with Gasteiger partial charge in [-0.3, -0.25) is 10.3 Å². The molecule has 3 nitrogen and oxygen atoms in total. The second kappa shape index (κ2) is 4.91. The van der Waals surface area contributed by atoms with E-state index in [1.165, 1.54) is 5.56 Å². The molecule has 0 saturated carbocycles. The molecule has 0 bridgehead atoms. The highest BCUT2D eigenvalue weighted by molar-refractivity contribution is 5.42. The Balaban J connectivity index is 1.86. The molecule has 1 aromatic carbocycles. The molecule has 1 N–H and O–H groups in total. The van der Waals surface area contributed by atoms with Gasteiger partial charge in [-0.05, 0) is 39.0 Å². The average molecular weight is 268 g/mol. The molecule has 1 aliphatic heterocycles. The smallest absolute Gasteiger partial charge is 0.125 e. The quantitative estimate of drug-likeness (QED) is 0.922. The van der Waals surface area contributed by atoms with Gasteiger partial charge in [0.05, 0.1) is 11.7 Å². The highest BCUT2D eigenvalue weighted by Gasteiger charge is 2.41. The van der Waals surface area contributed by atoms with Gasteiger partial charge in [-0.25, -0.2) is 0 Å². The van der Waals surface area contributed by atoms with Crippen LogP contribution < -0.4 is 10.1 Å². The molecule has 2 heterocycles. The summed E-state index contributed by atoms with van der Waals surface area (Å²) in [7, 11) is 0. The minimum Gasteiger partial charge on any atom is -0.486 e. The number of rotatable bonds is 3. The van der Waals surface area contributed by atoms with E-state index in [1.54, 1.807) is 0 Å². The lowest BCUT2D eigenvalue weighted by atomic mass is 9.93. The van der Waals surface area contributed by atoms with Crippen LogP contribution in [0.2, 0.25) is 0 Å². The van der Waals surface area contributed by atoms with Crippen LogP contribution in [-0.4, -0.2) is 10.6 Å². The van der Waals surface area contributed by atoms with Gasteiger partial charge in [-0.15, -0.1) is 0 Å². The number of benzene rings is 1. The van der Waals surface area contributed by atoms with Crippen molar-refractivity contribution in [2.24, 2.45) is 0 Å². The Morgan fingerprint density at radius 1 is 1.15 bits per heavy atom. The predicted octanol–water partition coefficient (Wildman–Crippen LogP) is 3.64. The number of hydrogen-bond acceptors (Lipinski definition) is 3. The lowest BCUT2D eigenvalue weighted by Gasteiger charge is -2.29. The number of nitrogens with zero attached hydrogens (tertiary/aromatic N) is 1. The van der Waals surface area contributed by atoms with Gasteiger partial charge in [0.1, 0.15) is 11.4 Å². The molecule has 3 heteroatoms. The number of hydrogen-bond donors (Lipinski definition) is 1. The largest absolute Gasteiger partial charge is 0.486 e. The first-order chi connectivity index (χ1) is 9.58.